The molecule has 0 amide bonds. The molecule has 192 valence electrons. The molecule has 1 aromatic carbocycles. The summed E-state index contributed by atoms with van der Waals surface area (Å²) in [5.41, 5.74) is 1.82. The molecule has 0 fully saturated rings. The van der Waals surface area contributed by atoms with Crippen molar-refractivity contribution in [2.24, 2.45) is 0 Å². The third-order valence-corrected chi connectivity index (χ3v) is 5.49. The molecule has 9 nitrogen and oxygen atoms in total. The second-order valence-electron chi connectivity index (χ2n) is 7.02. The second-order valence-corrected chi connectivity index (χ2v) is 7.99. The number of ether oxygens (including phenoxy) is 9. The number of hydrogen-bond acceptors (Lipinski definition) is 9. The first-order chi connectivity index (χ1) is 16.0. The Morgan fingerprint density at radius 1 is 0.818 bits per heavy atom. The molecule has 0 aliphatic heterocycles. The molecule has 0 spiro atoms. The molecule has 1 aromatic rings. The highest BCUT2D eigenvalue weighted by atomic mass is 79.9. The Morgan fingerprint density at radius 2 is 1.39 bits per heavy atom. The van der Waals surface area contributed by atoms with Gasteiger partial charge in [0.1, 0.15) is 45.5 Å². The smallest absolute Gasteiger partial charge is 0.146 e. The van der Waals surface area contributed by atoms with E-state index < -0.39 is 18.3 Å². The van der Waals surface area contributed by atoms with Gasteiger partial charge in [0, 0.05) is 38.8 Å². The van der Waals surface area contributed by atoms with E-state index in [2.05, 4.69) is 15.9 Å². The molecular weight excluding hydrogens is 524 g/mol. The summed E-state index contributed by atoms with van der Waals surface area (Å²) in [7, 11) is 6.21. The van der Waals surface area contributed by atoms with E-state index in [1.807, 2.05) is 25.1 Å². The van der Waals surface area contributed by atoms with Crippen molar-refractivity contribution in [3.05, 3.63) is 34.3 Å². The fraction of sp³-hybridized carbons (Fsp3) is 0.727. The number of methoxy groups -OCH3 is 4. The highest BCUT2D eigenvalue weighted by molar-refractivity contribution is 9.08. The Kier molecular flexibility index (Phi) is 17.6. The van der Waals surface area contributed by atoms with Gasteiger partial charge < -0.3 is 42.6 Å². The lowest BCUT2D eigenvalue weighted by Gasteiger charge is -2.33. The van der Waals surface area contributed by atoms with Crippen molar-refractivity contribution in [1.29, 1.82) is 0 Å². The highest BCUT2D eigenvalue weighted by Crippen LogP contribution is 2.30. The van der Waals surface area contributed by atoms with E-state index in [1.54, 1.807) is 28.4 Å². The predicted octanol–water partition coefficient (Wildman–Crippen LogP) is 3.90. The van der Waals surface area contributed by atoms with E-state index in [9.17, 15) is 0 Å². The van der Waals surface area contributed by atoms with Crippen LogP contribution in [-0.4, -0.2) is 87.1 Å². The fourth-order valence-electron chi connectivity index (χ4n) is 2.93. The minimum absolute atomic E-state index is 0.0558. The number of halogens is 2. The molecule has 0 aliphatic rings. The van der Waals surface area contributed by atoms with E-state index >= 15 is 0 Å². The summed E-state index contributed by atoms with van der Waals surface area (Å²) in [6.45, 7) is 2.68. The zero-order chi connectivity index (χ0) is 24.5. The maximum absolute atomic E-state index is 6.55. The Morgan fingerprint density at radius 3 is 1.97 bits per heavy atom. The first-order valence-electron chi connectivity index (χ1n) is 10.4. The van der Waals surface area contributed by atoms with Gasteiger partial charge in [-0.05, 0) is 24.1 Å². The molecule has 0 aromatic heterocycles. The van der Waals surface area contributed by atoms with Crippen LogP contribution in [0.3, 0.4) is 0 Å². The minimum Gasteiger partial charge on any atom is -0.362 e. The molecule has 11 heteroatoms. The summed E-state index contributed by atoms with van der Waals surface area (Å²) in [5.74, 6) is 0. The molecule has 0 bridgehead atoms. The van der Waals surface area contributed by atoms with Crippen LogP contribution in [0.4, 0.5) is 0 Å². The average molecular weight is 560 g/mol. The molecule has 0 saturated carbocycles. The van der Waals surface area contributed by atoms with Crippen molar-refractivity contribution in [3.8, 4) is 0 Å². The molecule has 0 N–H and O–H groups in total. The van der Waals surface area contributed by atoms with Crippen LogP contribution in [0.25, 0.3) is 0 Å². The van der Waals surface area contributed by atoms with Crippen LogP contribution < -0.4 is 0 Å². The van der Waals surface area contributed by atoms with Crippen LogP contribution in [0.1, 0.15) is 24.2 Å². The van der Waals surface area contributed by atoms with Crippen LogP contribution in [0.5, 0.6) is 0 Å². The molecule has 0 radical (unpaired) electrons. The lowest BCUT2D eigenvalue weighted by Crippen LogP contribution is -2.42. The Balaban J connectivity index is 3.21. The summed E-state index contributed by atoms with van der Waals surface area (Å²) in [6, 6.07) is 5.73. The van der Waals surface area contributed by atoms with E-state index in [1.165, 1.54) is 0 Å². The van der Waals surface area contributed by atoms with Gasteiger partial charge in [-0.1, -0.05) is 39.7 Å². The molecule has 4 atom stereocenters. The van der Waals surface area contributed by atoms with Gasteiger partial charge in [0.2, 0.25) is 0 Å². The van der Waals surface area contributed by atoms with Crippen LogP contribution >= 0.6 is 27.5 Å². The topological polar surface area (TPSA) is 83.1 Å². The predicted molar refractivity (Wildman–Crippen MR) is 127 cm³/mol. The van der Waals surface area contributed by atoms with Crippen molar-refractivity contribution < 1.29 is 42.6 Å². The Labute approximate surface area is 209 Å². The first-order valence-corrected chi connectivity index (χ1v) is 11.9. The number of benzene rings is 1. The van der Waals surface area contributed by atoms with E-state index in [-0.39, 0.29) is 46.5 Å². The number of alkyl halides is 1. The van der Waals surface area contributed by atoms with Gasteiger partial charge in [0.25, 0.3) is 0 Å². The maximum Gasteiger partial charge on any atom is 0.146 e. The van der Waals surface area contributed by atoms with Gasteiger partial charge in [-0.3, -0.25) is 0 Å². The van der Waals surface area contributed by atoms with Gasteiger partial charge in [-0.25, -0.2) is 0 Å². The van der Waals surface area contributed by atoms with E-state index in [0.29, 0.717) is 10.4 Å². The zero-order valence-electron chi connectivity index (χ0n) is 19.9. The largest absolute Gasteiger partial charge is 0.362 e. The van der Waals surface area contributed by atoms with Gasteiger partial charge in [-0.15, -0.1) is 0 Å². The second kappa shape index (κ2) is 18.9. The van der Waals surface area contributed by atoms with Gasteiger partial charge in [0.05, 0.1) is 19.3 Å². The standard InChI is InChI=1S/C22H36BrClO9/c1-16(31-14-27-4)22(17-6-7-19(24)18(8-17)9-23)33-21(11-30-13-26-3)20(32-15-28-5)10-29-12-25-2/h6-8,16,20-22H,9-15H2,1-5H3/t16-,20-,21?,22+/m0/s1. The Bertz CT molecular complexity index is 626. The summed E-state index contributed by atoms with van der Waals surface area (Å²) in [4.78, 5) is 0. The van der Waals surface area contributed by atoms with Gasteiger partial charge >= 0.3 is 0 Å². The molecule has 1 unspecified atom stereocenters. The third-order valence-electron chi connectivity index (χ3n) is 4.52. The molecule has 0 saturated heterocycles. The van der Waals surface area contributed by atoms with Crippen molar-refractivity contribution in [1.82, 2.24) is 0 Å². The minimum atomic E-state index is -0.547. The summed E-state index contributed by atoms with van der Waals surface area (Å²) < 4.78 is 49.6. The summed E-state index contributed by atoms with van der Waals surface area (Å²) in [5, 5.41) is 1.26. The highest BCUT2D eigenvalue weighted by Gasteiger charge is 2.31. The molecule has 0 aliphatic carbocycles. The quantitative estimate of drug-likeness (QED) is 0.134. The number of rotatable bonds is 20. The molecule has 0 heterocycles. The van der Waals surface area contributed by atoms with Crippen molar-refractivity contribution >= 4 is 27.5 Å². The average Bonchev–Trinajstić information content (AvgIpc) is 2.82. The molecule has 1 rings (SSSR count). The molecule has 33 heavy (non-hydrogen) atoms. The van der Waals surface area contributed by atoms with Crippen LogP contribution in [0, 0.1) is 0 Å². The number of hydrogen-bond donors (Lipinski definition) is 0. The van der Waals surface area contributed by atoms with E-state index in [0.717, 1.165) is 11.1 Å². The van der Waals surface area contributed by atoms with Crippen molar-refractivity contribution in [3.63, 3.8) is 0 Å². The van der Waals surface area contributed by atoms with Crippen LogP contribution in [0.2, 0.25) is 5.02 Å². The van der Waals surface area contributed by atoms with Gasteiger partial charge in [0.15, 0.2) is 0 Å². The zero-order valence-corrected chi connectivity index (χ0v) is 22.3. The first kappa shape index (κ1) is 30.7. The maximum atomic E-state index is 6.55. The molecular formula is C22H36BrClO9. The lowest BCUT2D eigenvalue weighted by atomic mass is 10.0. The van der Waals surface area contributed by atoms with E-state index in [4.69, 9.17) is 54.2 Å². The van der Waals surface area contributed by atoms with Crippen molar-refractivity contribution in [2.75, 3.05) is 68.8 Å². The normalized spacial score (nSPS) is 15.4. The van der Waals surface area contributed by atoms with Gasteiger partial charge in [-0.2, -0.15) is 0 Å². The third kappa shape index (κ3) is 11.7. The summed E-state index contributed by atoms with van der Waals surface area (Å²) in [6.07, 6.45) is -1.91. The van der Waals surface area contributed by atoms with Crippen LogP contribution in [-0.2, 0) is 48.0 Å². The fourth-order valence-corrected chi connectivity index (χ4v) is 3.74. The summed E-state index contributed by atoms with van der Waals surface area (Å²) >= 11 is 9.79. The van der Waals surface area contributed by atoms with Crippen LogP contribution in [0.15, 0.2) is 18.2 Å². The SMILES string of the molecule is COCOCC(O[C@@H](c1ccc(Cl)c(CBr)c1)[C@H](C)OCOC)[C@H](COCOC)OCOC. The lowest BCUT2D eigenvalue weighted by molar-refractivity contribution is -0.211. The van der Waals surface area contributed by atoms with Crippen molar-refractivity contribution in [2.45, 2.75) is 36.7 Å². The Hall–Kier alpha value is -0.370. The monoisotopic (exact) mass is 558 g/mol.